The molecule has 0 fully saturated rings. The number of aromatic amines is 1. The molecule has 0 bridgehead atoms. The van der Waals surface area contributed by atoms with Crippen LogP contribution in [0.5, 0.6) is 0 Å². The molecule has 0 aliphatic heterocycles. The zero-order valence-corrected chi connectivity index (χ0v) is 15.8. The lowest BCUT2D eigenvalue weighted by Crippen LogP contribution is -2.21. The number of aromatic nitrogens is 3. The Morgan fingerprint density at radius 3 is 2.63 bits per heavy atom. The van der Waals surface area contributed by atoms with Crippen molar-refractivity contribution in [3.8, 4) is 0 Å². The number of carbonyl (C=O) groups is 1. The molecule has 0 aliphatic rings. The fourth-order valence-corrected chi connectivity index (χ4v) is 2.65. The zero-order chi connectivity index (χ0) is 19.2. The third kappa shape index (κ3) is 5.31. The van der Waals surface area contributed by atoms with Gasteiger partial charge in [0, 0.05) is 42.3 Å². The van der Waals surface area contributed by atoms with Crippen molar-refractivity contribution >= 4 is 23.5 Å². The molecule has 7 nitrogen and oxygen atoms in total. The molecule has 1 aromatic carbocycles. The highest BCUT2D eigenvalue weighted by Gasteiger charge is 2.08. The first-order chi connectivity index (χ1) is 13.0. The van der Waals surface area contributed by atoms with Crippen LogP contribution < -0.4 is 16.0 Å². The van der Waals surface area contributed by atoms with Gasteiger partial charge in [-0.2, -0.15) is 4.98 Å². The number of nitrogens with one attached hydrogen (secondary N) is 4. The number of anilines is 3. The maximum atomic E-state index is 12.2. The van der Waals surface area contributed by atoms with Crippen molar-refractivity contribution in [1.82, 2.24) is 15.0 Å². The second-order valence-corrected chi connectivity index (χ2v) is 6.47. The highest BCUT2D eigenvalue weighted by atomic mass is 16.2. The van der Waals surface area contributed by atoms with Crippen LogP contribution in [0.3, 0.4) is 0 Å². The number of urea groups is 1. The predicted octanol–water partition coefficient (Wildman–Crippen LogP) is 4.03. The summed E-state index contributed by atoms with van der Waals surface area (Å²) in [5.74, 6) is 0.939. The van der Waals surface area contributed by atoms with Crippen molar-refractivity contribution in [2.45, 2.75) is 27.2 Å². The summed E-state index contributed by atoms with van der Waals surface area (Å²) >= 11 is 0. The SMILES string of the molecule is Cc1cc(NCCc2ccc[nH]2)nc(NC(=O)Nc2ccc(C)c(C)c2)n1. The van der Waals surface area contributed by atoms with Crippen LogP contribution in [0.25, 0.3) is 0 Å². The number of amides is 2. The average Bonchev–Trinajstić information content (AvgIpc) is 3.11. The molecule has 0 spiro atoms. The fourth-order valence-electron chi connectivity index (χ4n) is 2.65. The molecule has 2 aromatic heterocycles. The van der Waals surface area contributed by atoms with E-state index in [-0.39, 0.29) is 12.0 Å². The summed E-state index contributed by atoms with van der Waals surface area (Å²) in [6.45, 7) is 6.63. The smallest absolute Gasteiger partial charge is 0.326 e. The molecule has 4 N–H and O–H groups in total. The minimum Gasteiger partial charge on any atom is -0.370 e. The predicted molar refractivity (Wildman–Crippen MR) is 108 cm³/mol. The molecule has 140 valence electrons. The van der Waals surface area contributed by atoms with Gasteiger partial charge in [0.2, 0.25) is 5.95 Å². The zero-order valence-electron chi connectivity index (χ0n) is 15.8. The number of carbonyl (C=O) groups excluding carboxylic acids is 1. The van der Waals surface area contributed by atoms with Gasteiger partial charge >= 0.3 is 6.03 Å². The fraction of sp³-hybridized carbons (Fsp3) is 0.250. The number of benzene rings is 1. The topological polar surface area (TPSA) is 94.7 Å². The molecular weight excluding hydrogens is 340 g/mol. The van der Waals surface area contributed by atoms with Gasteiger partial charge in [-0.1, -0.05) is 6.07 Å². The van der Waals surface area contributed by atoms with E-state index in [1.165, 1.54) is 5.56 Å². The third-order valence-electron chi connectivity index (χ3n) is 4.21. The Kier molecular flexibility index (Phi) is 5.71. The lowest BCUT2D eigenvalue weighted by atomic mass is 10.1. The first-order valence-electron chi connectivity index (χ1n) is 8.87. The molecule has 27 heavy (non-hydrogen) atoms. The van der Waals surface area contributed by atoms with Gasteiger partial charge in [-0.25, -0.2) is 9.78 Å². The molecule has 0 radical (unpaired) electrons. The lowest BCUT2D eigenvalue weighted by molar-refractivity contribution is 0.262. The summed E-state index contributed by atoms with van der Waals surface area (Å²) in [6, 6.07) is 11.3. The second kappa shape index (κ2) is 8.35. The van der Waals surface area contributed by atoms with Crippen LogP contribution in [-0.4, -0.2) is 27.5 Å². The summed E-state index contributed by atoms with van der Waals surface area (Å²) in [4.78, 5) is 24.0. The van der Waals surface area contributed by atoms with Crippen molar-refractivity contribution in [2.24, 2.45) is 0 Å². The molecule has 2 heterocycles. The monoisotopic (exact) mass is 364 g/mol. The summed E-state index contributed by atoms with van der Waals surface area (Å²) in [5.41, 5.74) is 4.95. The van der Waals surface area contributed by atoms with E-state index in [0.717, 1.165) is 35.6 Å². The first kappa shape index (κ1) is 18.4. The molecule has 7 heteroatoms. The van der Waals surface area contributed by atoms with Crippen molar-refractivity contribution in [2.75, 3.05) is 22.5 Å². The van der Waals surface area contributed by atoms with Crippen LogP contribution in [0.15, 0.2) is 42.6 Å². The van der Waals surface area contributed by atoms with Crippen LogP contribution in [0.1, 0.15) is 22.5 Å². The molecule has 3 rings (SSSR count). The number of hydrogen-bond donors (Lipinski definition) is 4. The van der Waals surface area contributed by atoms with E-state index in [0.29, 0.717) is 5.82 Å². The van der Waals surface area contributed by atoms with Gasteiger partial charge in [0.25, 0.3) is 0 Å². The van der Waals surface area contributed by atoms with Crippen LogP contribution in [0, 0.1) is 20.8 Å². The van der Waals surface area contributed by atoms with E-state index in [1.807, 2.05) is 63.4 Å². The van der Waals surface area contributed by atoms with E-state index < -0.39 is 0 Å². The largest absolute Gasteiger partial charge is 0.370 e. The minimum atomic E-state index is -0.374. The quantitative estimate of drug-likeness (QED) is 0.531. The van der Waals surface area contributed by atoms with Crippen molar-refractivity contribution < 1.29 is 4.79 Å². The number of aryl methyl sites for hydroxylation is 3. The standard InChI is InChI=1S/C20H24N6O/c1-13-6-7-17(11-14(13)2)24-20(27)26-19-23-15(3)12-18(25-19)22-10-8-16-5-4-9-21-16/h4-7,9,11-12,21H,8,10H2,1-3H3,(H3,22,23,24,25,26,27). The van der Waals surface area contributed by atoms with Gasteiger partial charge in [-0.15, -0.1) is 0 Å². The maximum absolute atomic E-state index is 12.2. The summed E-state index contributed by atoms with van der Waals surface area (Å²) in [7, 11) is 0. The van der Waals surface area contributed by atoms with E-state index >= 15 is 0 Å². The van der Waals surface area contributed by atoms with Gasteiger partial charge < -0.3 is 15.6 Å². The van der Waals surface area contributed by atoms with Crippen molar-refractivity contribution in [1.29, 1.82) is 0 Å². The highest BCUT2D eigenvalue weighted by Crippen LogP contribution is 2.15. The average molecular weight is 364 g/mol. The molecular formula is C20H24N6O. The molecule has 0 unspecified atom stereocenters. The van der Waals surface area contributed by atoms with Gasteiger partial charge in [0.15, 0.2) is 0 Å². The molecule has 0 saturated carbocycles. The number of nitrogens with zero attached hydrogens (tertiary/aromatic N) is 2. The van der Waals surface area contributed by atoms with E-state index in [9.17, 15) is 4.79 Å². The number of rotatable bonds is 6. The second-order valence-electron chi connectivity index (χ2n) is 6.47. The Hall–Kier alpha value is -3.35. The number of hydrogen-bond acceptors (Lipinski definition) is 4. The molecule has 0 aliphatic carbocycles. The summed E-state index contributed by atoms with van der Waals surface area (Å²) in [6.07, 6.45) is 2.76. The van der Waals surface area contributed by atoms with Gasteiger partial charge in [0.1, 0.15) is 5.82 Å². The molecule has 0 saturated heterocycles. The minimum absolute atomic E-state index is 0.263. The van der Waals surface area contributed by atoms with Crippen LogP contribution in [-0.2, 0) is 6.42 Å². The van der Waals surface area contributed by atoms with Crippen LogP contribution >= 0.6 is 0 Å². The first-order valence-corrected chi connectivity index (χ1v) is 8.87. The summed E-state index contributed by atoms with van der Waals surface area (Å²) < 4.78 is 0. The normalized spacial score (nSPS) is 10.5. The number of H-pyrrole nitrogens is 1. The maximum Gasteiger partial charge on any atom is 0.326 e. The summed E-state index contributed by atoms with van der Waals surface area (Å²) in [5, 5.41) is 8.75. The van der Waals surface area contributed by atoms with E-state index in [2.05, 4.69) is 30.9 Å². The van der Waals surface area contributed by atoms with Gasteiger partial charge in [0.05, 0.1) is 0 Å². The molecule has 0 atom stereocenters. The van der Waals surface area contributed by atoms with Gasteiger partial charge in [-0.05, 0) is 56.2 Å². The van der Waals surface area contributed by atoms with Crippen molar-refractivity contribution in [3.05, 3.63) is 65.1 Å². The Balaban J connectivity index is 1.59. The molecule has 2 amide bonds. The van der Waals surface area contributed by atoms with E-state index in [1.54, 1.807) is 0 Å². The highest BCUT2D eigenvalue weighted by molar-refractivity contribution is 5.98. The lowest BCUT2D eigenvalue weighted by Gasteiger charge is -2.11. The van der Waals surface area contributed by atoms with Gasteiger partial charge in [-0.3, -0.25) is 5.32 Å². The van der Waals surface area contributed by atoms with E-state index in [4.69, 9.17) is 0 Å². The Morgan fingerprint density at radius 2 is 1.89 bits per heavy atom. The Bertz CT molecular complexity index is 920. The van der Waals surface area contributed by atoms with Crippen LogP contribution in [0.2, 0.25) is 0 Å². The van der Waals surface area contributed by atoms with Crippen LogP contribution in [0.4, 0.5) is 22.2 Å². The Labute approximate surface area is 158 Å². The Morgan fingerprint density at radius 1 is 1.04 bits per heavy atom. The third-order valence-corrected chi connectivity index (χ3v) is 4.21. The van der Waals surface area contributed by atoms with Crippen molar-refractivity contribution in [3.63, 3.8) is 0 Å². The molecule has 3 aromatic rings.